The van der Waals surface area contributed by atoms with Crippen molar-refractivity contribution >= 4 is 27.9 Å². The molecule has 0 saturated carbocycles. The van der Waals surface area contributed by atoms with Crippen molar-refractivity contribution in [3.05, 3.63) is 82.8 Å². The summed E-state index contributed by atoms with van der Waals surface area (Å²) in [7, 11) is 1.90. The molecule has 2 heterocycles. The molecule has 0 saturated heterocycles. The predicted octanol–water partition coefficient (Wildman–Crippen LogP) is 3.69. The van der Waals surface area contributed by atoms with Gasteiger partial charge in [0.1, 0.15) is 17.6 Å². The first-order valence-corrected chi connectivity index (χ1v) is 8.19. The van der Waals surface area contributed by atoms with E-state index in [-0.39, 0.29) is 11.9 Å². The summed E-state index contributed by atoms with van der Waals surface area (Å²) in [6.45, 7) is 0. The largest absolute Gasteiger partial charge is 0.450 e. The second kappa shape index (κ2) is 7.31. The van der Waals surface area contributed by atoms with Gasteiger partial charge in [-0.05, 0) is 39.7 Å². The maximum absolute atomic E-state index is 12.3. The smallest absolute Gasteiger partial charge is 0.244 e. The van der Waals surface area contributed by atoms with Crippen LogP contribution in [0.2, 0.25) is 0 Å². The molecule has 1 amide bonds. The van der Waals surface area contributed by atoms with Gasteiger partial charge in [0.2, 0.25) is 5.91 Å². The van der Waals surface area contributed by atoms with Crippen molar-refractivity contribution in [2.75, 3.05) is 0 Å². The second-order valence-corrected chi connectivity index (χ2v) is 6.01. The van der Waals surface area contributed by atoms with Gasteiger partial charge in [-0.2, -0.15) is 0 Å². The quantitative estimate of drug-likeness (QED) is 0.681. The first-order chi connectivity index (χ1) is 11.6. The maximum Gasteiger partial charge on any atom is 0.244 e. The molecule has 0 bridgehead atoms. The van der Waals surface area contributed by atoms with Crippen molar-refractivity contribution in [2.45, 2.75) is 6.04 Å². The molecule has 0 aliphatic rings. The molecule has 0 aliphatic carbocycles. The van der Waals surface area contributed by atoms with Crippen molar-refractivity contribution in [3.8, 4) is 0 Å². The number of rotatable bonds is 5. The number of furan rings is 1. The van der Waals surface area contributed by atoms with Crippen molar-refractivity contribution in [1.29, 1.82) is 0 Å². The molecule has 3 aromatic rings. The number of hydrogen-bond acceptors (Lipinski definition) is 3. The Bertz CT molecular complexity index is 852. The topological polar surface area (TPSA) is 60.1 Å². The van der Waals surface area contributed by atoms with Gasteiger partial charge in [0.25, 0.3) is 0 Å². The molecule has 1 N–H and O–H groups in total. The monoisotopic (exact) mass is 385 g/mol. The van der Waals surface area contributed by atoms with E-state index >= 15 is 0 Å². The number of aryl methyl sites for hydroxylation is 1. The minimum absolute atomic E-state index is 0.223. The first-order valence-electron chi connectivity index (χ1n) is 7.39. The molecule has 0 spiro atoms. The van der Waals surface area contributed by atoms with Crippen LogP contribution in [0.1, 0.15) is 23.2 Å². The maximum atomic E-state index is 12.3. The zero-order valence-corrected chi connectivity index (χ0v) is 14.6. The molecule has 0 radical (unpaired) electrons. The summed E-state index contributed by atoms with van der Waals surface area (Å²) in [6, 6.07) is 13.0. The highest BCUT2D eigenvalue weighted by molar-refractivity contribution is 9.10. The Morgan fingerprint density at radius 1 is 1.29 bits per heavy atom. The fraction of sp³-hybridized carbons (Fsp3) is 0.111. The lowest BCUT2D eigenvalue weighted by Gasteiger charge is -2.18. The summed E-state index contributed by atoms with van der Waals surface area (Å²) in [4.78, 5) is 16.7. The fourth-order valence-corrected chi connectivity index (χ4v) is 2.68. The van der Waals surface area contributed by atoms with Crippen LogP contribution in [0.25, 0.3) is 6.08 Å². The third-order valence-corrected chi connectivity index (χ3v) is 3.96. The van der Waals surface area contributed by atoms with Crippen LogP contribution in [0.3, 0.4) is 0 Å². The normalized spacial score (nSPS) is 12.4. The van der Waals surface area contributed by atoms with Crippen LogP contribution in [-0.4, -0.2) is 15.5 Å². The van der Waals surface area contributed by atoms with Crippen molar-refractivity contribution < 1.29 is 9.21 Å². The number of aromatic nitrogens is 2. The van der Waals surface area contributed by atoms with Crippen molar-refractivity contribution in [3.63, 3.8) is 0 Å². The molecule has 1 aromatic carbocycles. The molecule has 1 atom stereocenters. The summed E-state index contributed by atoms with van der Waals surface area (Å²) >= 11 is 3.23. The molecule has 5 nitrogen and oxygen atoms in total. The van der Waals surface area contributed by atoms with Gasteiger partial charge < -0.3 is 14.3 Å². The Balaban J connectivity index is 1.80. The van der Waals surface area contributed by atoms with Crippen LogP contribution in [0.5, 0.6) is 0 Å². The van der Waals surface area contributed by atoms with Crippen LogP contribution in [-0.2, 0) is 11.8 Å². The molecule has 0 unspecified atom stereocenters. The Kier molecular flexibility index (Phi) is 4.96. The second-order valence-electron chi connectivity index (χ2n) is 5.22. The molecule has 3 rings (SSSR count). The summed E-state index contributed by atoms with van der Waals surface area (Å²) < 4.78 is 7.87. The third-order valence-electron chi connectivity index (χ3n) is 3.53. The summed E-state index contributed by atoms with van der Waals surface area (Å²) in [6.07, 6.45) is 6.64. The van der Waals surface area contributed by atoms with E-state index < -0.39 is 0 Å². The minimum atomic E-state index is -0.327. The van der Waals surface area contributed by atoms with Gasteiger partial charge in [-0.3, -0.25) is 4.79 Å². The zero-order chi connectivity index (χ0) is 16.9. The van der Waals surface area contributed by atoms with Gasteiger partial charge >= 0.3 is 0 Å². The van der Waals surface area contributed by atoms with E-state index in [4.69, 9.17) is 4.42 Å². The van der Waals surface area contributed by atoms with Gasteiger partial charge in [-0.15, -0.1) is 0 Å². The summed E-state index contributed by atoms with van der Waals surface area (Å²) in [5.74, 6) is 1.15. The van der Waals surface area contributed by atoms with E-state index in [0.717, 1.165) is 11.4 Å². The molecule has 6 heteroatoms. The molecule has 0 aliphatic heterocycles. The number of nitrogens with zero attached hydrogens (tertiary/aromatic N) is 2. The lowest BCUT2D eigenvalue weighted by molar-refractivity contribution is -0.117. The van der Waals surface area contributed by atoms with Gasteiger partial charge in [0, 0.05) is 25.5 Å². The number of nitrogens with one attached hydrogen (secondary N) is 1. The highest BCUT2D eigenvalue weighted by atomic mass is 79.9. The zero-order valence-electron chi connectivity index (χ0n) is 13.0. The predicted molar refractivity (Wildman–Crippen MR) is 95.1 cm³/mol. The number of hydrogen-bond donors (Lipinski definition) is 1. The fourth-order valence-electron chi connectivity index (χ4n) is 2.36. The van der Waals surface area contributed by atoms with Crippen molar-refractivity contribution in [1.82, 2.24) is 14.9 Å². The lowest BCUT2D eigenvalue weighted by Crippen LogP contribution is -2.29. The van der Waals surface area contributed by atoms with E-state index in [9.17, 15) is 4.79 Å². The van der Waals surface area contributed by atoms with Crippen LogP contribution >= 0.6 is 15.9 Å². The van der Waals surface area contributed by atoms with E-state index in [1.54, 1.807) is 24.4 Å². The first kappa shape index (κ1) is 16.3. The summed E-state index contributed by atoms with van der Waals surface area (Å²) in [5.41, 5.74) is 0.967. The average Bonchev–Trinajstić information content (AvgIpc) is 3.20. The van der Waals surface area contributed by atoms with Crippen LogP contribution < -0.4 is 5.32 Å². The third kappa shape index (κ3) is 3.83. The number of benzene rings is 1. The van der Waals surface area contributed by atoms with E-state index in [1.165, 1.54) is 6.08 Å². The number of amides is 1. The van der Waals surface area contributed by atoms with Gasteiger partial charge in [-0.25, -0.2) is 4.98 Å². The molecular weight excluding hydrogens is 370 g/mol. The molecule has 0 fully saturated rings. The molecule has 122 valence electrons. The standard InChI is InChI=1S/C18H16BrN3O2/c1-22-12-11-20-18(22)17(13-5-3-2-4-6-13)21-16(23)10-8-14-7-9-15(19)24-14/h2-12,17H,1H3,(H,21,23)/b10-8-/t17-/m0/s1. The number of halogens is 1. The van der Waals surface area contributed by atoms with Crippen LogP contribution in [0.4, 0.5) is 0 Å². The Morgan fingerprint density at radius 3 is 2.71 bits per heavy atom. The highest BCUT2D eigenvalue weighted by Gasteiger charge is 2.19. The molecule has 2 aromatic heterocycles. The van der Waals surface area contributed by atoms with E-state index in [1.807, 2.05) is 48.1 Å². The number of carbonyl (C=O) groups excluding carboxylic acids is 1. The lowest BCUT2D eigenvalue weighted by atomic mass is 10.1. The minimum Gasteiger partial charge on any atom is -0.450 e. The summed E-state index contributed by atoms with van der Waals surface area (Å²) in [5, 5.41) is 2.99. The highest BCUT2D eigenvalue weighted by Crippen LogP contribution is 2.20. The Morgan fingerprint density at radius 2 is 2.08 bits per heavy atom. The van der Waals surface area contributed by atoms with Crippen molar-refractivity contribution in [2.24, 2.45) is 7.05 Å². The van der Waals surface area contributed by atoms with Crippen LogP contribution in [0, 0.1) is 0 Å². The van der Waals surface area contributed by atoms with E-state index in [0.29, 0.717) is 10.4 Å². The van der Waals surface area contributed by atoms with Gasteiger partial charge in [0.05, 0.1) is 0 Å². The SMILES string of the molecule is Cn1ccnc1[C@@H](NC(=O)/C=C\c1ccc(Br)o1)c1ccccc1. The molecule has 24 heavy (non-hydrogen) atoms. The number of imidazole rings is 1. The number of carbonyl (C=O) groups is 1. The molecular formula is C18H16BrN3O2. The van der Waals surface area contributed by atoms with E-state index in [2.05, 4.69) is 26.2 Å². The van der Waals surface area contributed by atoms with Gasteiger partial charge in [0.15, 0.2) is 4.67 Å². The van der Waals surface area contributed by atoms with Gasteiger partial charge in [-0.1, -0.05) is 30.3 Å². The Labute approximate surface area is 148 Å². The van der Waals surface area contributed by atoms with Crippen LogP contribution in [0.15, 0.2) is 70.0 Å². The Hall–Kier alpha value is -2.60. The average molecular weight is 386 g/mol.